The van der Waals surface area contributed by atoms with Crippen LogP contribution in [0.4, 0.5) is 13.2 Å². The van der Waals surface area contributed by atoms with Crippen molar-refractivity contribution in [3.8, 4) is 5.75 Å². The lowest BCUT2D eigenvalue weighted by atomic mass is 9.96. The summed E-state index contributed by atoms with van der Waals surface area (Å²) < 4.78 is 38.8. The summed E-state index contributed by atoms with van der Waals surface area (Å²) in [6.45, 7) is 3.28. The van der Waals surface area contributed by atoms with Crippen LogP contribution in [0, 0.1) is 5.92 Å². The molecule has 1 aliphatic carbocycles. The van der Waals surface area contributed by atoms with Crippen LogP contribution in [0.15, 0.2) is 18.2 Å². The van der Waals surface area contributed by atoms with Crippen LogP contribution in [0.5, 0.6) is 5.75 Å². The van der Waals surface area contributed by atoms with Crippen LogP contribution in [-0.4, -0.2) is 36.2 Å². The Labute approximate surface area is 146 Å². The fourth-order valence-electron chi connectivity index (χ4n) is 3.09. The lowest BCUT2D eigenvalue weighted by Crippen LogP contribution is -2.45. The monoisotopic (exact) mass is 372 g/mol. The highest BCUT2D eigenvalue weighted by Gasteiger charge is 2.39. The molecule has 132 valence electrons. The van der Waals surface area contributed by atoms with Crippen LogP contribution in [0.2, 0.25) is 0 Å². The maximum absolute atomic E-state index is 12.9. The molecule has 0 bridgehead atoms. The van der Waals surface area contributed by atoms with Crippen LogP contribution >= 0.6 is 24.8 Å². The van der Waals surface area contributed by atoms with Crippen LogP contribution in [-0.2, 0) is 6.18 Å². The lowest BCUT2D eigenvalue weighted by molar-refractivity contribution is -0.137. The molecule has 1 heterocycles. The number of hydrogen-bond acceptors (Lipinski definition) is 3. The number of aromatic hydroxyl groups is 1. The first-order chi connectivity index (χ1) is 9.97. The molecule has 1 atom stereocenters. The van der Waals surface area contributed by atoms with Gasteiger partial charge in [-0.1, -0.05) is 0 Å². The Balaban J connectivity index is 0.00000132. The third-order valence-electron chi connectivity index (χ3n) is 4.29. The summed E-state index contributed by atoms with van der Waals surface area (Å²) in [5.41, 5.74) is -0.259. The highest BCUT2D eigenvalue weighted by atomic mass is 35.5. The second-order valence-corrected chi connectivity index (χ2v) is 5.84. The van der Waals surface area contributed by atoms with Gasteiger partial charge in [0.2, 0.25) is 0 Å². The first-order valence-corrected chi connectivity index (χ1v) is 7.31. The highest BCUT2D eigenvalue weighted by molar-refractivity contribution is 5.85. The number of halogens is 5. The standard InChI is InChI=1S/C15H19F3N2O.2ClH/c16-15(17,18)11-3-4-13(21)12(9-11)14(10-1-2-10)20-7-5-19-6-8-20;;/h3-4,9-10,14,19,21H,1-2,5-8H2;2*1H/t14-;;/m0../s1. The average Bonchev–Trinajstić information content (AvgIpc) is 3.26. The second kappa shape index (κ2) is 7.92. The van der Waals surface area contributed by atoms with Gasteiger partial charge in [0.25, 0.3) is 0 Å². The summed E-state index contributed by atoms with van der Waals surface area (Å²) in [6.07, 6.45) is -2.34. The number of benzene rings is 1. The van der Waals surface area contributed by atoms with E-state index in [-0.39, 0.29) is 36.6 Å². The minimum absolute atomic E-state index is 0. The van der Waals surface area contributed by atoms with Crippen LogP contribution in [0.1, 0.15) is 30.0 Å². The topological polar surface area (TPSA) is 35.5 Å². The van der Waals surface area contributed by atoms with E-state index in [0.29, 0.717) is 11.5 Å². The molecule has 8 heteroatoms. The minimum Gasteiger partial charge on any atom is -0.508 e. The molecule has 1 saturated heterocycles. The number of rotatable bonds is 3. The number of nitrogens with zero attached hydrogens (tertiary/aromatic N) is 1. The smallest absolute Gasteiger partial charge is 0.416 e. The second-order valence-electron chi connectivity index (χ2n) is 5.84. The fraction of sp³-hybridized carbons (Fsp3) is 0.600. The van der Waals surface area contributed by atoms with Gasteiger partial charge in [0.05, 0.1) is 5.56 Å². The number of nitrogens with one attached hydrogen (secondary N) is 1. The van der Waals surface area contributed by atoms with Gasteiger partial charge < -0.3 is 10.4 Å². The number of piperazine rings is 1. The van der Waals surface area contributed by atoms with Crippen molar-refractivity contribution in [1.29, 1.82) is 0 Å². The van der Waals surface area contributed by atoms with Crippen LogP contribution in [0.25, 0.3) is 0 Å². The summed E-state index contributed by atoms with van der Waals surface area (Å²) in [4.78, 5) is 2.20. The number of hydrogen-bond donors (Lipinski definition) is 2. The van der Waals surface area contributed by atoms with E-state index in [9.17, 15) is 18.3 Å². The zero-order chi connectivity index (χ0) is 15.0. The van der Waals surface area contributed by atoms with Gasteiger partial charge in [0, 0.05) is 37.8 Å². The van der Waals surface area contributed by atoms with Crippen molar-refractivity contribution in [1.82, 2.24) is 10.2 Å². The van der Waals surface area contributed by atoms with E-state index in [1.807, 2.05) is 0 Å². The van der Waals surface area contributed by atoms with Gasteiger partial charge in [-0.2, -0.15) is 13.2 Å². The number of alkyl halides is 3. The normalized spacial score (nSPS) is 20.3. The first kappa shape index (κ1) is 20.4. The molecule has 2 aliphatic rings. The third-order valence-corrected chi connectivity index (χ3v) is 4.29. The predicted molar refractivity (Wildman–Crippen MR) is 87.5 cm³/mol. The van der Waals surface area contributed by atoms with Crippen molar-refractivity contribution in [2.75, 3.05) is 26.2 Å². The molecule has 3 nitrogen and oxygen atoms in total. The number of phenols is 1. The quantitative estimate of drug-likeness (QED) is 0.850. The molecule has 1 aliphatic heterocycles. The summed E-state index contributed by atoms with van der Waals surface area (Å²) in [6, 6.07) is 3.14. The van der Waals surface area contributed by atoms with Gasteiger partial charge in [0.1, 0.15) is 5.75 Å². The van der Waals surface area contributed by atoms with Crippen molar-refractivity contribution in [3.05, 3.63) is 29.3 Å². The van der Waals surface area contributed by atoms with E-state index >= 15 is 0 Å². The van der Waals surface area contributed by atoms with E-state index in [1.54, 1.807) is 0 Å². The minimum atomic E-state index is -4.37. The molecule has 0 spiro atoms. The Morgan fingerprint density at radius 2 is 1.74 bits per heavy atom. The Kier molecular flexibility index (Phi) is 7.01. The molecular weight excluding hydrogens is 352 g/mol. The zero-order valence-corrected chi connectivity index (χ0v) is 14.1. The van der Waals surface area contributed by atoms with Crippen molar-refractivity contribution in [2.45, 2.75) is 25.1 Å². The Morgan fingerprint density at radius 3 is 2.26 bits per heavy atom. The average molecular weight is 373 g/mol. The van der Waals surface area contributed by atoms with Gasteiger partial charge in [-0.25, -0.2) is 0 Å². The molecule has 0 aromatic heterocycles. The predicted octanol–water partition coefficient (Wildman–Crippen LogP) is 3.61. The summed E-state index contributed by atoms with van der Waals surface area (Å²) >= 11 is 0. The summed E-state index contributed by atoms with van der Waals surface area (Å²) in [5.74, 6) is 0.330. The molecule has 1 aromatic carbocycles. The molecule has 2 fully saturated rings. The van der Waals surface area contributed by atoms with E-state index in [4.69, 9.17) is 0 Å². The molecule has 0 amide bonds. The highest BCUT2D eigenvalue weighted by Crippen LogP contribution is 2.47. The summed E-state index contributed by atoms with van der Waals surface area (Å²) in [5, 5.41) is 13.3. The van der Waals surface area contributed by atoms with Gasteiger partial charge in [-0.15, -0.1) is 24.8 Å². The lowest BCUT2D eigenvalue weighted by Gasteiger charge is -2.36. The molecule has 0 unspecified atom stereocenters. The number of phenolic OH excluding ortho intramolecular Hbond substituents is 1. The molecule has 2 N–H and O–H groups in total. The largest absolute Gasteiger partial charge is 0.508 e. The Hall–Kier alpha value is -0.690. The maximum Gasteiger partial charge on any atom is 0.416 e. The van der Waals surface area contributed by atoms with Crippen molar-refractivity contribution in [3.63, 3.8) is 0 Å². The Bertz CT molecular complexity index is 518. The van der Waals surface area contributed by atoms with Crippen molar-refractivity contribution in [2.24, 2.45) is 5.92 Å². The van der Waals surface area contributed by atoms with Gasteiger partial charge in [-0.05, 0) is 37.0 Å². The van der Waals surface area contributed by atoms with Crippen molar-refractivity contribution < 1.29 is 18.3 Å². The van der Waals surface area contributed by atoms with Crippen LogP contribution < -0.4 is 5.32 Å². The van der Waals surface area contributed by atoms with E-state index in [2.05, 4.69) is 10.2 Å². The molecule has 1 aromatic rings. The fourth-order valence-corrected chi connectivity index (χ4v) is 3.09. The first-order valence-electron chi connectivity index (χ1n) is 7.31. The maximum atomic E-state index is 12.9. The Morgan fingerprint density at radius 1 is 1.13 bits per heavy atom. The van der Waals surface area contributed by atoms with Gasteiger partial charge in [-0.3, -0.25) is 4.90 Å². The van der Waals surface area contributed by atoms with E-state index < -0.39 is 11.7 Å². The van der Waals surface area contributed by atoms with Crippen molar-refractivity contribution >= 4 is 24.8 Å². The van der Waals surface area contributed by atoms with Gasteiger partial charge in [0.15, 0.2) is 0 Å². The van der Waals surface area contributed by atoms with Crippen LogP contribution in [0.3, 0.4) is 0 Å². The van der Waals surface area contributed by atoms with E-state index in [0.717, 1.165) is 51.2 Å². The SMILES string of the molecule is Cl.Cl.Oc1ccc(C(F)(F)F)cc1[C@H](C1CC1)N1CCNCC1. The zero-order valence-electron chi connectivity index (χ0n) is 12.5. The third kappa shape index (κ3) is 4.66. The molecule has 3 rings (SSSR count). The van der Waals surface area contributed by atoms with Gasteiger partial charge >= 0.3 is 6.18 Å². The molecule has 1 saturated carbocycles. The molecule has 23 heavy (non-hydrogen) atoms. The van der Waals surface area contributed by atoms with E-state index in [1.165, 1.54) is 6.07 Å². The molecular formula is C15H21Cl2F3N2O. The molecule has 0 radical (unpaired) electrons. The summed E-state index contributed by atoms with van der Waals surface area (Å²) in [7, 11) is 0.